The molecule has 0 spiro atoms. The fourth-order valence-electron chi connectivity index (χ4n) is 4.61. The van der Waals surface area contributed by atoms with Crippen molar-refractivity contribution in [1.82, 2.24) is 14.1 Å². The highest BCUT2D eigenvalue weighted by Gasteiger charge is 2.23. The summed E-state index contributed by atoms with van der Waals surface area (Å²) in [5.41, 5.74) is 2.80. The highest BCUT2D eigenvalue weighted by atomic mass is 16.2. The van der Waals surface area contributed by atoms with E-state index in [2.05, 4.69) is 16.0 Å². The minimum atomic E-state index is -0.309. The molecular formula is C24H24N4O2. The fraction of sp³-hybridized carbons (Fsp3) is 0.292. The molecule has 0 bridgehead atoms. The molecule has 1 aliphatic rings. The van der Waals surface area contributed by atoms with Crippen LogP contribution in [0.1, 0.15) is 48.5 Å². The molecule has 2 heterocycles. The van der Waals surface area contributed by atoms with Gasteiger partial charge in [0.15, 0.2) is 0 Å². The SMILES string of the molecule is Cn1c(=O)cc(C(=O)Nc2nc3ccccc3n2C2CCCCC2)c2ccccc21. The third kappa shape index (κ3) is 3.09. The second-order valence-electron chi connectivity index (χ2n) is 8.01. The number of hydrogen-bond acceptors (Lipinski definition) is 3. The lowest BCUT2D eigenvalue weighted by Crippen LogP contribution is -2.23. The maximum absolute atomic E-state index is 13.3. The molecule has 2 aromatic carbocycles. The molecule has 6 nitrogen and oxygen atoms in total. The number of nitrogens with one attached hydrogen (secondary N) is 1. The summed E-state index contributed by atoms with van der Waals surface area (Å²) in [6, 6.07) is 17.2. The summed E-state index contributed by atoms with van der Waals surface area (Å²) in [5.74, 6) is 0.245. The number of amides is 1. The minimum Gasteiger partial charge on any atom is -0.311 e. The van der Waals surface area contributed by atoms with Crippen molar-refractivity contribution in [2.75, 3.05) is 5.32 Å². The van der Waals surface area contributed by atoms with Gasteiger partial charge in [0.1, 0.15) is 0 Å². The smallest absolute Gasteiger partial charge is 0.258 e. The third-order valence-electron chi connectivity index (χ3n) is 6.16. The predicted octanol–water partition coefficient (Wildman–Crippen LogP) is 4.65. The number of aromatic nitrogens is 3. The zero-order chi connectivity index (χ0) is 20.7. The number of carbonyl (C=O) groups is 1. The molecule has 30 heavy (non-hydrogen) atoms. The molecule has 5 rings (SSSR count). The van der Waals surface area contributed by atoms with Crippen molar-refractivity contribution in [2.45, 2.75) is 38.1 Å². The van der Waals surface area contributed by atoms with Crippen LogP contribution in [0, 0.1) is 0 Å². The first-order valence-corrected chi connectivity index (χ1v) is 10.5. The van der Waals surface area contributed by atoms with Crippen LogP contribution >= 0.6 is 0 Å². The Labute approximate surface area is 174 Å². The van der Waals surface area contributed by atoms with Crippen molar-refractivity contribution in [3.8, 4) is 0 Å². The molecule has 1 fully saturated rings. The van der Waals surface area contributed by atoms with Crippen molar-refractivity contribution in [1.29, 1.82) is 0 Å². The first kappa shape index (κ1) is 18.6. The van der Waals surface area contributed by atoms with Crippen molar-refractivity contribution < 1.29 is 4.79 Å². The molecule has 1 amide bonds. The highest BCUT2D eigenvalue weighted by molar-refractivity contribution is 6.12. The lowest BCUT2D eigenvalue weighted by molar-refractivity contribution is 0.102. The van der Waals surface area contributed by atoms with Crippen LogP contribution in [0.2, 0.25) is 0 Å². The molecule has 0 radical (unpaired) electrons. The number of imidazole rings is 1. The van der Waals surface area contributed by atoms with Crippen molar-refractivity contribution in [3.63, 3.8) is 0 Å². The van der Waals surface area contributed by atoms with E-state index in [1.807, 2.05) is 42.5 Å². The Morgan fingerprint density at radius 1 is 1.00 bits per heavy atom. The molecule has 0 unspecified atom stereocenters. The summed E-state index contributed by atoms with van der Waals surface area (Å²) in [7, 11) is 1.72. The Kier molecular flexibility index (Phi) is 4.62. The summed E-state index contributed by atoms with van der Waals surface area (Å²) >= 11 is 0. The molecule has 6 heteroatoms. The zero-order valence-electron chi connectivity index (χ0n) is 17.0. The lowest BCUT2D eigenvalue weighted by atomic mass is 9.95. The number of carbonyl (C=O) groups excluding carboxylic acids is 1. The van der Waals surface area contributed by atoms with Gasteiger partial charge in [-0.05, 0) is 31.0 Å². The molecular weight excluding hydrogens is 376 g/mol. The van der Waals surface area contributed by atoms with E-state index in [4.69, 9.17) is 4.98 Å². The molecule has 1 aliphatic carbocycles. The average molecular weight is 400 g/mol. The Morgan fingerprint density at radius 2 is 1.70 bits per heavy atom. The normalized spacial score (nSPS) is 15.0. The predicted molar refractivity (Wildman–Crippen MR) is 119 cm³/mol. The molecule has 0 saturated heterocycles. The monoisotopic (exact) mass is 400 g/mol. The first-order chi connectivity index (χ1) is 14.6. The zero-order valence-corrected chi connectivity index (χ0v) is 17.0. The van der Waals surface area contributed by atoms with Gasteiger partial charge >= 0.3 is 0 Å². The molecule has 4 aromatic rings. The Bertz CT molecular complexity index is 1310. The summed E-state index contributed by atoms with van der Waals surface area (Å²) in [5, 5.41) is 3.76. The van der Waals surface area contributed by atoms with E-state index in [0.29, 0.717) is 17.6 Å². The van der Waals surface area contributed by atoms with Gasteiger partial charge in [-0.25, -0.2) is 4.98 Å². The molecule has 2 aromatic heterocycles. The van der Waals surface area contributed by atoms with Gasteiger partial charge in [-0.1, -0.05) is 49.6 Å². The molecule has 0 atom stereocenters. The first-order valence-electron chi connectivity index (χ1n) is 10.5. The van der Waals surface area contributed by atoms with Crippen LogP contribution in [0.15, 0.2) is 59.4 Å². The molecule has 152 valence electrons. The van der Waals surface area contributed by atoms with Gasteiger partial charge < -0.3 is 9.13 Å². The van der Waals surface area contributed by atoms with Gasteiger partial charge in [-0.2, -0.15) is 0 Å². The average Bonchev–Trinajstić information content (AvgIpc) is 3.14. The number of benzene rings is 2. The Morgan fingerprint density at radius 3 is 2.50 bits per heavy atom. The Balaban J connectivity index is 1.60. The second-order valence-corrected chi connectivity index (χ2v) is 8.01. The number of anilines is 1. The van der Waals surface area contributed by atoms with Crippen LogP contribution in [0.25, 0.3) is 21.9 Å². The van der Waals surface area contributed by atoms with E-state index in [0.717, 1.165) is 34.8 Å². The van der Waals surface area contributed by atoms with Gasteiger partial charge in [-0.15, -0.1) is 0 Å². The van der Waals surface area contributed by atoms with Gasteiger partial charge in [0, 0.05) is 24.5 Å². The van der Waals surface area contributed by atoms with Gasteiger partial charge in [0.05, 0.1) is 22.1 Å². The number of fused-ring (bicyclic) bond motifs is 2. The standard InChI is InChI=1S/C24H24N4O2/c1-27-20-13-7-5-11-17(20)18(15-22(27)29)23(30)26-24-25-19-12-6-8-14-21(19)28(24)16-9-3-2-4-10-16/h5-8,11-16H,2-4,9-10H2,1H3,(H,25,26,30). The van der Waals surface area contributed by atoms with Crippen molar-refractivity contribution in [3.05, 3.63) is 70.5 Å². The number of hydrogen-bond donors (Lipinski definition) is 1. The van der Waals surface area contributed by atoms with Crippen molar-refractivity contribution in [2.24, 2.45) is 7.05 Å². The summed E-state index contributed by atoms with van der Waals surface area (Å²) < 4.78 is 3.74. The number of para-hydroxylation sites is 3. The second kappa shape index (κ2) is 7.44. The number of pyridine rings is 1. The van der Waals surface area contributed by atoms with E-state index in [-0.39, 0.29) is 11.5 Å². The third-order valence-corrected chi connectivity index (χ3v) is 6.16. The minimum absolute atomic E-state index is 0.209. The summed E-state index contributed by atoms with van der Waals surface area (Å²) in [6.45, 7) is 0. The maximum atomic E-state index is 13.3. The summed E-state index contributed by atoms with van der Waals surface area (Å²) in [4.78, 5) is 30.4. The van der Waals surface area contributed by atoms with Crippen molar-refractivity contribution >= 4 is 33.8 Å². The van der Waals surface area contributed by atoms with Crippen LogP contribution in [-0.2, 0) is 7.05 Å². The van der Waals surface area contributed by atoms with E-state index in [1.54, 1.807) is 11.6 Å². The van der Waals surface area contributed by atoms with Gasteiger partial charge in [0.2, 0.25) is 5.95 Å². The van der Waals surface area contributed by atoms with Crippen LogP contribution < -0.4 is 10.9 Å². The fourth-order valence-corrected chi connectivity index (χ4v) is 4.61. The quantitative estimate of drug-likeness (QED) is 0.544. The van der Waals surface area contributed by atoms with Gasteiger partial charge in [-0.3, -0.25) is 14.9 Å². The van der Waals surface area contributed by atoms with Crippen LogP contribution in [0.3, 0.4) is 0 Å². The molecule has 1 saturated carbocycles. The van der Waals surface area contributed by atoms with Crippen LogP contribution in [0.5, 0.6) is 0 Å². The molecule has 0 aliphatic heterocycles. The van der Waals surface area contributed by atoms with E-state index in [1.165, 1.54) is 25.3 Å². The number of aryl methyl sites for hydroxylation is 1. The number of rotatable bonds is 3. The van der Waals surface area contributed by atoms with Crippen LogP contribution in [-0.4, -0.2) is 20.0 Å². The van der Waals surface area contributed by atoms with Crippen LogP contribution in [0.4, 0.5) is 5.95 Å². The topological polar surface area (TPSA) is 68.9 Å². The Hall–Kier alpha value is -3.41. The molecule has 1 N–H and O–H groups in total. The summed E-state index contributed by atoms with van der Waals surface area (Å²) in [6.07, 6.45) is 5.79. The van der Waals surface area contributed by atoms with E-state index in [9.17, 15) is 9.59 Å². The maximum Gasteiger partial charge on any atom is 0.258 e. The lowest BCUT2D eigenvalue weighted by Gasteiger charge is -2.25. The number of nitrogens with zero attached hydrogens (tertiary/aromatic N) is 3. The van der Waals surface area contributed by atoms with E-state index >= 15 is 0 Å². The largest absolute Gasteiger partial charge is 0.311 e. The highest BCUT2D eigenvalue weighted by Crippen LogP contribution is 2.34. The van der Waals surface area contributed by atoms with E-state index < -0.39 is 0 Å². The van der Waals surface area contributed by atoms with Gasteiger partial charge in [0.25, 0.3) is 11.5 Å².